The Kier molecular flexibility index (Phi) is 5.78. The lowest BCUT2D eigenvalue weighted by atomic mass is 10.0. The van der Waals surface area contributed by atoms with Gasteiger partial charge in [-0.3, -0.25) is 4.90 Å². The SMILES string of the molecule is CN(CCCNC(C)(C)C)C(C)(C)CO. The molecule has 0 atom stereocenters. The van der Waals surface area contributed by atoms with Crippen LogP contribution in [0, 0.1) is 0 Å². The third-order valence-electron chi connectivity index (χ3n) is 2.75. The molecule has 3 nitrogen and oxygen atoms in total. The number of rotatable bonds is 6. The minimum atomic E-state index is -0.109. The molecule has 0 spiro atoms. The van der Waals surface area contributed by atoms with Crippen molar-refractivity contribution in [3.63, 3.8) is 0 Å². The summed E-state index contributed by atoms with van der Waals surface area (Å²) in [5.74, 6) is 0. The van der Waals surface area contributed by atoms with Gasteiger partial charge in [-0.2, -0.15) is 0 Å². The Morgan fingerprint density at radius 1 is 1.13 bits per heavy atom. The van der Waals surface area contributed by atoms with Crippen molar-refractivity contribution in [3.8, 4) is 0 Å². The first-order chi connectivity index (χ1) is 6.69. The van der Waals surface area contributed by atoms with E-state index in [1.54, 1.807) is 0 Å². The van der Waals surface area contributed by atoms with Crippen LogP contribution in [-0.4, -0.2) is 47.8 Å². The summed E-state index contributed by atoms with van der Waals surface area (Å²) in [4.78, 5) is 2.21. The fourth-order valence-corrected chi connectivity index (χ4v) is 1.20. The van der Waals surface area contributed by atoms with Crippen LogP contribution in [0.2, 0.25) is 0 Å². The van der Waals surface area contributed by atoms with Crippen molar-refractivity contribution in [3.05, 3.63) is 0 Å². The summed E-state index contributed by atoms with van der Waals surface area (Å²) in [6.07, 6.45) is 1.11. The number of aliphatic hydroxyl groups is 1. The summed E-state index contributed by atoms with van der Waals surface area (Å²) < 4.78 is 0. The predicted molar refractivity (Wildman–Crippen MR) is 66.2 cm³/mol. The molecule has 92 valence electrons. The number of hydrogen-bond acceptors (Lipinski definition) is 3. The molecule has 0 aliphatic heterocycles. The Morgan fingerprint density at radius 3 is 2.07 bits per heavy atom. The minimum absolute atomic E-state index is 0.109. The van der Waals surface area contributed by atoms with Crippen LogP contribution in [0.15, 0.2) is 0 Å². The second kappa shape index (κ2) is 5.83. The Labute approximate surface area is 94.9 Å². The molecule has 15 heavy (non-hydrogen) atoms. The molecule has 0 unspecified atom stereocenters. The number of aliphatic hydroxyl groups excluding tert-OH is 1. The van der Waals surface area contributed by atoms with Crippen LogP contribution in [0.4, 0.5) is 0 Å². The second-order valence-electron chi connectivity index (χ2n) is 5.92. The molecule has 0 fully saturated rings. The molecular weight excluding hydrogens is 188 g/mol. The van der Waals surface area contributed by atoms with Gasteiger partial charge in [-0.25, -0.2) is 0 Å². The van der Waals surface area contributed by atoms with Crippen molar-refractivity contribution < 1.29 is 5.11 Å². The van der Waals surface area contributed by atoms with Crippen molar-refractivity contribution >= 4 is 0 Å². The van der Waals surface area contributed by atoms with E-state index < -0.39 is 0 Å². The van der Waals surface area contributed by atoms with Gasteiger partial charge in [-0.15, -0.1) is 0 Å². The summed E-state index contributed by atoms with van der Waals surface area (Å²) in [5, 5.41) is 12.7. The zero-order valence-corrected chi connectivity index (χ0v) is 11.2. The molecule has 0 radical (unpaired) electrons. The van der Waals surface area contributed by atoms with E-state index in [4.69, 9.17) is 0 Å². The molecule has 0 rings (SSSR count). The lowest BCUT2D eigenvalue weighted by molar-refractivity contribution is 0.0779. The van der Waals surface area contributed by atoms with E-state index in [1.165, 1.54) is 0 Å². The monoisotopic (exact) mass is 216 g/mol. The van der Waals surface area contributed by atoms with Gasteiger partial charge < -0.3 is 10.4 Å². The molecular formula is C12H28N2O. The lowest BCUT2D eigenvalue weighted by Gasteiger charge is -2.34. The third kappa shape index (κ3) is 6.88. The van der Waals surface area contributed by atoms with Crippen LogP contribution in [0.3, 0.4) is 0 Å². The van der Waals surface area contributed by atoms with E-state index in [-0.39, 0.29) is 17.7 Å². The number of likely N-dealkylation sites (N-methyl/N-ethyl adjacent to an activating group) is 1. The van der Waals surface area contributed by atoms with Crippen LogP contribution in [0.5, 0.6) is 0 Å². The summed E-state index contributed by atoms with van der Waals surface area (Å²) in [5.41, 5.74) is 0.0901. The van der Waals surface area contributed by atoms with Crippen molar-refractivity contribution in [1.82, 2.24) is 10.2 Å². The van der Waals surface area contributed by atoms with Gasteiger partial charge in [0.1, 0.15) is 0 Å². The van der Waals surface area contributed by atoms with Gasteiger partial charge in [0.15, 0.2) is 0 Å². The minimum Gasteiger partial charge on any atom is -0.394 e. The molecule has 2 N–H and O–H groups in total. The molecule has 0 heterocycles. The van der Waals surface area contributed by atoms with Crippen molar-refractivity contribution in [2.45, 2.75) is 52.1 Å². The number of nitrogens with one attached hydrogen (secondary N) is 1. The Hall–Kier alpha value is -0.120. The topological polar surface area (TPSA) is 35.5 Å². The Morgan fingerprint density at radius 2 is 1.67 bits per heavy atom. The summed E-state index contributed by atoms with van der Waals surface area (Å²) in [6, 6.07) is 0. The van der Waals surface area contributed by atoms with Crippen molar-refractivity contribution in [2.24, 2.45) is 0 Å². The first kappa shape index (κ1) is 14.9. The van der Waals surface area contributed by atoms with E-state index in [1.807, 2.05) is 0 Å². The lowest BCUT2D eigenvalue weighted by Crippen LogP contribution is -2.45. The highest BCUT2D eigenvalue weighted by Gasteiger charge is 2.21. The molecule has 0 aliphatic carbocycles. The zero-order chi connectivity index (χ0) is 12.1. The summed E-state index contributed by atoms with van der Waals surface area (Å²) >= 11 is 0. The number of nitrogens with zero attached hydrogens (tertiary/aromatic N) is 1. The standard InChI is InChI=1S/C12H28N2O/c1-11(2,3)13-8-7-9-14(6)12(4,5)10-15/h13,15H,7-10H2,1-6H3. The average molecular weight is 216 g/mol. The van der Waals surface area contributed by atoms with E-state index >= 15 is 0 Å². The molecule has 0 aromatic rings. The molecule has 0 aliphatic rings. The van der Waals surface area contributed by atoms with E-state index in [0.717, 1.165) is 19.5 Å². The van der Waals surface area contributed by atoms with Gasteiger partial charge in [-0.05, 0) is 61.2 Å². The molecule has 0 bridgehead atoms. The maximum absolute atomic E-state index is 9.19. The molecule has 3 heteroatoms. The van der Waals surface area contributed by atoms with E-state index in [0.29, 0.717) is 0 Å². The highest BCUT2D eigenvalue weighted by atomic mass is 16.3. The van der Waals surface area contributed by atoms with Crippen molar-refractivity contribution in [1.29, 1.82) is 0 Å². The van der Waals surface area contributed by atoms with Gasteiger partial charge in [0.05, 0.1) is 6.61 Å². The van der Waals surface area contributed by atoms with Gasteiger partial charge in [0.2, 0.25) is 0 Å². The van der Waals surface area contributed by atoms with E-state index in [2.05, 4.69) is 51.9 Å². The van der Waals surface area contributed by atoms with Crippen LogP contribution in [-0.2, 0) is 0 Å². The molecule has 0 aromatic carbocycles. The third-order valence-corrected chi connectivity index (χ3v) is 2.75. The van der Waals surface area contributed by atoms with Gasteiger partial charge >= 0.3 is 0 Å². The quantitative estimate of drug-likeness (QED) is 0.660. The predicted octanol–water partition coefficient (Wildman–Crippen LogP) is 1.47. The van der Waals surface area contributed by atoms with Crippen molar-refractivity contribution in [2.75, 3.05) is 26.7 Å². The van der Waals surface area contributed by atoms with Crippen LogP contribution in [0.25, 0.3) is 0 Å². The van der Waals surface area contributed by atoms with Gasteiger partial charge in [-0.1, -0.05) is 0 Å². The maximum atomic E-state index is 9.19. The maximum Gasteiger partial charge on any atom is 0.0609 e. The molecule has 0 saturated heterocycles. The second-order valence-corrected chi connectivity index (χ2v) is 5.92. The summed E-state index contributed by atoms with van der Waals surface area (Å²) in [6.45, 7) is 12.9. The zero-order valence-electron chi connectivity index (χ0n) is 11.2. The highest BCUT2D eigenvalue weighted by Crippen LogP contribution is 2.10. The smallest absolute Gasteiger partial charge is 0.0609 e. The fraction of sp³-hybridized carbons (Fsp3) is 1.00. The normalized spacial score (nSPS) is 13.6. The Balaban J connectivity index is 3.69. The summed E-state index contributed by atoms with van der Waals surface area (Å²) in [7, 11) is 2.06. The molecule has 0 aromatic heterocycles. The van der Waals surface area contributed by atoms with Gasteiger partial charge in [0.25, 0.3) is 0 Å². The highest BCUT2D eigenvalue weighted by molar-refractivity contribution is 4.78. The number of hydrogen-bond donors (Lipinski definition) is 2. The van der Waals surface area contributed by atoms with Gasteiger partial charge in [0, 0.05) is 11.1 Å². The fourth-order valence-electron chi connectivity index (χ4n) is 1.20. The first-order valence-electron chi connectivity index (χ1n) is 5.76. The van der Waals surface area contributed by atoms with Crippen LogP contribution >= 0.6 is 0 Å². The van der Waals surface area contributed by atoms with Crippen LogP contribution < -0.4 is 5.32 Å². The molecule has 0 saturated carbocycles. The Bertz CT molecular complexity index is 173. The average Bonchev–Trinajstić information content (AvgIpc) is 2.10. The largest absolute Gasteiger partial charge is 0.394 e. The molecule has 0 amide bonds. The van der Waals surface area contributed by atoms with E-state index in [9.17, 15) is 5.11 Å². The van der Waals surface area contributed by atoms with Crippen LogP contribution in [0.1, 0.15) is 41.0 Å². The first-order valence-corrected chi connectivity index (χ1v) is 5.76.